The molecular weight excluding hydrogens is 284 g/mol. The van der Waals surface area contributed by atoms with Crippen LogP contribution in [0.1, 0.15) is 30.7 Å². The van der Waals surface area contributed by atoms with E-state index in [1.54, 1.807) is 11.8 Å². The molecule has 0 aromatic carbocycles. The molecular formula is C15H24N4OS. The van der Waals surface area contributed by atoms with Crippen molar-refractivity contribution in [2.24, 2.45) is 0 Å². The van der Waals surface area contributed by atoms with Crippen LogP contribution in [0.25, 0.3) is 0 Å². The highest BCUT2D eigenvalue weighted by atomic mass is 32.2. The summed E-state index contributed by atoms with van der Waals surface area (Å²) in [5.41, 5.74) is 1.84. The Kier molecular flexibility index (Phi) is 5.85. The van der Waals surface area contributed by atoms with Gasteiger partial charge in [0.15, 0.2) is 0 Å². The summed E-state index contributed by atoms with van der Waals surface area (Å²) in [4.78, 5) is 23.4. The lowest BCUT2D eigenvalue weighted by Gasteiger charge is -2.24. The minimum Gasteiger partial charge on any atom is -0.342 e. The molecule has 1 fully saturated rings. The SMILES string of the molecule is CSCCC(Nc1nc(C)cc(C)n1)C(=O)N1CCCC1. The summed E-state index contributed by atoms with van der Waals surface area (Å²) in [7, 11) is 0. The average molecular weight is 308 g/mol. The molecule has 1 aromatic rings. The van der Waals surface area contributed by atoms with Gasteiger partial charge in [-0.15, -0.1) is 0 Å². The number of aromatic nitrogens is 2. The van der Waals surface area contributed by atoms with Crippen molar-refractivity contribution in [2.45, 2.75) is 39.2 Å². The number of amides is 1. The first-order valence-electron chi connectivity index (χ1n) is 7.46. The van der Waals surface area contributed by atoms with E-state index >= 15 is 0 Å². The zero-order valence-electron chi connectivity index (χ0n) is 13.1. The first kappa shape index (κ1) is 16.1. The van der Waals surface area contributed by atoms with Crippen molar-refractivity contribution >= 4 is 23.6 Å². The number of rotatable bonds is 6. The Labute approximate surface area is 130 Å². The number of hydrogen-bond acceptors (Lipinski definition) is 5. The van der Waals surface area contributed by atoms with Gasteiger partial charge in [0.2, 0.25) is 11.9 Å². The number of anilines is 1. The van der Waals surface area contributed by atoms with Gasteiger partial charge >= 0.3 is 0 Å². The molecule has 6 heteroatoms. The van der Waals surface area contributed by atoms with Crippen LogP contribution in [0.4, 0.5) is 5.95 Å². The molecule has 1 aromatic heterocycles. The van der Waals surface area contributed by atoms with Crippen LogP contribution in [-0.2, 0) is 4.79 Å². The Morgan fingerprint density at radius 2 is 1.95 bits per heavy atom. The molecule has 0 spiro atoms. The van der Waals surface area contributed by atoms with E-state index in [0.717, 1.165) is 49.5 Å². The van der Waals surface area contributed by atoms with Crippen LogP contribution in [0.5, 0.6) is 0 Å². The Morgan fingerprint density at radius 3 is 2.52 bits per heavy atom. The lowest BCUT2D eigenvalue weighted by molar-refractivity contribution is -0.131. The van der Waals surface area contributed by atoms with Gasteiger partial charge in [0.25, 0.3) is 0 Å². The highest BCUT2D eigenvalue weighted by molar-refractivity contribution is 7.98. The minimum absolute atomic E-state index is 0.185. The van der Waals surface area contributed by atoms with Crippen molar-refractivity contribution in [3.63, 3.8) is 0 Å². The van der Waals surface area contributed by atoms with Gasteiger partial charge in [0.05, 0.1) is 0 Å². The van der Waals surface area contributed by atoms with Gasteiger partial charge in [-0.25, -0.2) is 9.97 Å². The van der Waals surface area contributed by atoms with Crippen LogP contribution >= 0.6 is 11.8 Å². The first-order chi connectivity index (χ1) is 10.1. The van der Waals surface area contributed by atoms with E-state index in [-0.39, 0.29) is 11.9 Å². The Balaban J connectivity index is 2.09. The van der Waals surface area contributed by atoms with E-state index in [2.05, 4.69) is 21.5 Å². The van der Waals surface area contributed by atoms with Gasteiger partial charge in [-0.2, -0.15) is 11.8 Å². The predicted octanol–water partition coefficient (Wildman–Crippen LogP) is 2.25. The van der Waals surface area contributed by atoms with Crippen molar-refractivity contribution in [3.05, 3.63) is 17.5 Å². The van der Waals surface area contributed by atoms with E-state index in [1.807, 2.05) is 24.8 Å². The third-order valence-electron chi connectivity index (χ3n) is 3.61. The van der Waals surface area contributed by atoms with Gasteiger partial charge in [0, 0.05) is 24.5 Å². The second-order valence-electron chi connectivity index (χ2n) is 5.49. The van der Waals surface area contributed by atoms with E-state index in [9.17, 15) is 4.79 Å². The van der Waals surface area contributed by atoms with Crippen LogP contribution < -0.4 is 5.32 Å². The van der Waals surface area contributed by atoms with Gasteiger partial charge in [-0.3, -0.25) is 4.79 Å². The summed E-state index contributed by atoms with van der Waals surface area (Å²) >= 11 is 1.76. The number of nitrogens with one attached hydrogen (secondary N) is 1. The summed E-state index contributed by atoms with van der Waals surface area (Å²) in [6, 6.07) is 1.71. The highest BCUT2D eigenvalue weighted by Gasteiger charge is 2.26. The van der Waals surface area contributed by atoms with Crippen molar-refractivity contribution in [2.75, 3.05) is 30.4 Å². The monoisotopic (exact) mass is 308 g/mol. The van der Waals surface area contributed by atoms with Crippen LogP contribution in [0.15, 0.2) is 6.07 Å². The molecule has 1 unspecified atom stereocenters. The Morgan fingerprint density at radius 1 is 1.33 bits per heavy atom. The molecule has 116 valence electrons. The van der Waals surface area contributed by atoms with Crippen LogP contribution in [0, 0.1) is 13.8 Å². The van der Waals surface area contributed by atoms with Gasteiger partial charge < -0.3 is 10.2 Å². The van der Waals surface area contributed by atoms with E-state index < -0.39 is 0 Å². The van der Waals surface area contributed by atoms with E-state index in [0.29, 0.717) is 5.95 Å². The van der Waals surface area contributed by atoms with Crippen molar-refractivity contribution in [1.29, 1.82) is 0 Å². The third-order valence-corrected chi connectivity index (χ3v) is 4.26. The second kappa shape index (κ2) is 7.64. The lowest BCUT2D eigenvalue weighted by Crippen LogP contribution is -2.42. The number of hydrogen-bond donors (Lipinski definition) is 1. The smallest absolute Gasteiger partial charge is 0.245 e. The largest absolute Gasteiger partial charge is 0.342 e. The maximum absolute atomic E-state index is 12.6. The Bertz CT molecular complexity index is 468. The second-order valence-corrected chi connectivity index (χ2v) is 6.47. The lowest BCUT2D eigenvalue weighted by atomic mass is 10.2. The zero-order valence-corrected chi connectivity index (χ0v) is 13.9. The van der Waals surface area contributed by atoms with Gasteiger partial charge in [-0.05, 0) is 51.2 Å². The fourth-order valence-corrected chi connectivity index (χ4v) is 3.07. The number of carbonyl (C=O) groups excluding carboxylic acids is 1. The fraction of sp³-hybridized carbons (Fsp3) is 0.667. The summed E-state index contributed by atoms with van der Waals surface area (Å²) in [6.07, 6.45) is 5.08. The molecule has 0 radical (unpaired) electrons. The standard InChI is InChI=1S/C15H24N4OS/c1-11-10-12(2)17-15(16-11)18-13(6-9-21-3)14(20)19-7-4-5-8-19/h10,13H,4-9H2,1-3H3,(H,16,17,18). The summed E-state index contributed by atoms with van der Waals surface area (Å²) < 4.78 is 0. The summed E-state index contributed by atoms with van der Waals surface area (Å²) in [6.45, 7) is 5.64. The van der Waals surface area contributed by atoms with Crippen LogP contribution in [-0.4, -0.2) is 51.9 Å². The molecule has 1 saturated heterocycles. The van der Waals surface area contributed by atoms with Gasteiger partial charge in [0.1, 0.15) is 6.04 Å². The molecule has 1 atom stereocenters. The topological polar surface area (TPSA) is 58.1 Å². The number of aryl methyl sites for hydroxylation is 2. The molecule has 1 aliphatic rings. The van der Waals surface area contributed by atoms with Crippen molar-refractivity contribution in [1.82, 2.24) is 14.9 Å². The normalized spacial score (nSPS) is 16.0. The number of nitrogens with zero attached hydrogens (tertiary/aromatic N) is 3. The summed E-state index contributed by atoms with van der Waals surface area (Å²) in [5, 5.41) is 3.25. The van der Waals surface area contributed by atoms with Crippen LogP contribution in [0.3, 0.4) is 0 Å². The molecule has 0 saturated carbocycles. The summed E-state index contributed by atoms with van der Waals surface area (Å²) in [5.74, 6) is 1.69. The van der Waals surface area contributed by atoms with E-state index in [4.69, 9.17) is 0 Å². The fourth-order valence-electron chi connectivity index (χ4n) is 2.60. The van der Waals surface area contributed by atoms with E-state index in [1.165, 1.54) is 0 Å². The Hall–Kier alpha value is -1.30. The molecule has 1 aliphatic heterocycles. The molecule has 1 amide bonds. The molecule has 5 nitrogen and oxygen atoms in total. The first-order valence-corrected chi connectivity index (χ1v) is 8.86. The van der Waals surface area contributed by atoms with Crippen LogP contribution in [0.2, 0.25) is 0 Å². The number of thioether (sulfide) groups is 1. The highest BCUT2D eigenvalue weighted by Crippen LogP contribution is 2.15. The third kappa shape index (κ3) is 4.59. The molecule has 0 bridgehead atoms. The van der Waals surface area contributed by atoms with Crippen molar-refractivity contribution in [3.8, 4) is 0 Å². The molecule has 21 heavy (non-hydrogen) atoms. The molecule has 1 N–H and O–H groups in total. The maximum Gasteiger partial charge on any atom is 0.245 e. The molecule has 2 heterocycles. The average Bonchev–Trinajstić information content (AvgIpc) is 2.95. The number of carbonyl (C=O) groups is 1. The quantitative estimate of drug-likeness (QED) is 0.873. The predicted molar refractivity (Wildman–Crippen MR) is 87.7 cm³/mol. The van der Waals surface area contributed by atoms with Crippen molar-refractivity contribution < 1.29 is 4.79 Å². The minimum atomic E-state index is -0.225. The molecule has 0 aliphatic carbocycles. The number of likely N-dealkylation sites (tertiary alicyclic amines) is 1. The maximum atomic E-state index is 12.6. The van der Waals surface area contributed by atoms with Gasteiger partial charge in [-0.1, -0.05) is 0 Å². The molecule has 2 rings (SSSR count). The zero-order chi connectivity index (χ0) is 15.2.